The highest BCUT2D eigenvalue weighted by atomic mass is 35.5. The molecule has 6 heteroatoms. The van der Waals surface area contributed by atoms with E-state index in [1.54, 1.807) is 23.4 Å². The molecule has 1 aliphatic rings. The molecule has 0 bridgehead atoms. The number of carbonyl (C=O) groups excluding carboxylic acids is 1. The van der Waals surface area contributed by atoms with Crippen LogP contribution in [0.4, 0.5) is 4.79 Å². The number of carbonyl (C=O) groups is 1. The Morgan fingerprint density at radius 1 is 1.68 bits per heavy atom. The summed E-state index contributed by atoms with van der Waals surface area (Å²) in [5.41, 5.74) is 0. The number of pyridine rings is 1. The lowest BCUT2D eigenvalue weighted by Gasteiger charge is -2.32. The molecule has 1 atom stereocenters. The number of rotatable bonds is 3. The van der Waals surface area contributed by atoms with E-state index in [0.29, 0.717) is 23.9 Å². The number of hydrogen-bond acceptors (Lipinski definition) is 3. The third-order valence-corrected chi connectivity index (χ3v) is 3.31. The Kier molecular flexibility index (Phi) is 4.85. The third-order valence-electron chi connectivity index (χ3n) is 3.02. The standard InChI is InChI=1S/C13H18ClN3O2/c1-2-16-13(18)17-7-3-4-10(9-17)19-12-5-6-15-8-11(12)14/h5-6,8,10H,2-4,7,9H2,1H3,(H,16,18)/t10-/m0/s1. The molecule has 1 fully saturated rings. The van der Waals surface area contributed by atoms with Gasteiger partial charge in [0.05, 0.1) is 6.54 Å². The number of amides is 2. The molecule has 0 radical (unpaired) electrons. The van der Waals surface area contributed by atoms with Crippen LogP contribution in [0.15, 0.2) is 18.5 Å². The van der Waals surface area contributed by atoms with Crippen LogP contribution in [0, 0.1) is 0 Å². The number of halogens is 1. The van der Waals surface area contributed by atoms with Crippen molar-refractivity contribution in [2.45, 2.75) is 25.9 Å². The minimum absolute atomic E-state index is 0.0174. The smallest absolute Gasteiger partial charge is 0.317 e. The summed E-state index contributed by atoms with van der Waals surface area (Å²) in [5, 5.41) is 3.30. The van der Waals surface area contributed by atoms with E-state index in [4.69, 9.17) is 16.3 Å². The van der Waals surface area contributed by atoms with Crippen molar-refractivity contribution in [1.82, 2.24) is 15.2 Å². The van der Waals surface area contributed by atoms with Crippen molar-refractivity contribution >= 4 is 17.6 Å². The quantitative estimate of drug-likeness (QED) is 0.926. The van der Waals surface area contributed by atoms with Gasteiger partial charge in [0, 0.05) is 31.5 Å². The van der Waals surface area contributed by atoms with Crippen LogP contribution in [0.5, 0.6) is 5.75 Å². The van der Waals surface area contributed by atoms with Crippen LogP contribution in [-0.4, -0.2) is 41.7 Å². The van der Waals surface area contributed by atoms with Crippen molar-refractivity contribution in [3.05, 3.63) is 23.5 Å². The van der Waals surface area contributed by atoms with E-state index in [2.05, 4.69) is 10.3 Å². The Labute approximate surface area is 117 Å². The van der Waals surface area contributed by atoms with Crippen molar-refractivity contribution in [2.24, 2.45) is 0 Å². The van der Waals surface area contributed by atoms with E-state index < -0.39 is 0 Å². The van der Waals surface area contributed by atoms with Gasteiger partial charge in [0.15, 0.2) is 0 Å². The van der Waals surface area contributed by atoms with E-state index in [-0.39, 0.29) is 12.1 Å². The number of urea groups is 1. The van der Waals surface area contributed by atoms with E-state index in [1.165, 1.54) is 0 Å². The predicted octanol–water partition coefficient (Wildman–Crippen LogP) is 2.31. The molecule has 19 heavy (non-hydrogen) atoms. The van der Waals surface area contributed by atoms with Gasteiger partial charge in [0.1, 0.15) is 16.9 Å². The molecule has 0 unspecified atom stereocenters. The van der Waals surface area contributed by atoms with Gasteiger partial charge >= 0.3 is 6.03 Å². The Bertz CT molecular complexity index is 442. The molecule has 0 aromatic carbocycles. The maximum atomic E-state index is 11.8. The zero-order valence-corrected chi connectivity index (χ0v) is 11.7. The van der Waals surface area contributed by atoms with Crippen LogP contribution < -0.4 is 10.1 Å². The van der Waals surface area contributed by atoms with Crippen LogP contribution in [0.1, 0.15) is 19.8 Å². The zero-order valence-electron chi connectivity index (χ0n) is 10.9. The van der Waals surface area contributed by atoms with Crippen LogP contribution in [0.25, 0.3) is 0 Å². The van der Waals surface area contributed by atoms with Gasteiger partial charge in [-0.15, -0.1) is 0 Å². The highest BCUT2D eigenvalue weighted by Crippen LogP contribution is 2.25. The number of likely N-dealkylation sites (tertiary alicyclic amines) is 1. The number of piperidine rings is 1. The molecule has 1 saturated heterocycles. The normalized spacial score (nSPS) is 19.1. The number of nitrogens with one attached hydrogen (secondary N) is 1. The van der Waals surface area contributed by atoms with Crippen LogP contribution in [-0.2, 0) is 0 Å². The van der Waals surface area contributed by atoms with E-state index in [9.17, 15) is 4.79 Å². The summed E-state index contributed by atoms with van der Waals surface area (Å²) in [7, 11) is 0. The fraction of sp³-hybridized carbons (Fsp3) is 0.538. The fourth-order valence-electron chi connectivity index (χ4n) is 2.12. The van der Waals surface area contributed by atoms with Gasteiger partial charge in [-0.05, 0) is 19.8 Å². The number of aromatic nitrogens is 1. The molecule has 0 spiro atoms. The summed E-state index contributed by atoms with van der Waals surface area (Å²) in [6, 6.07) is 1.71. The molecule has 0 saturated carbocycles. The highest BCUT2D eigenvalue weighted by molar-refractivity contribution is 6.31. The lowest BCUT2D eigenvalue weighted by Crippen LogP contribution is -2.48. The Hall–Kier alpha value is -1.49. The number of nitrogens with zero attached hydrogens (tertiary/aromatic N) is 2. The molecule has 1 N–H and O–H groups in total. The van der Waals surface area contributed by atoms with E-state index in [0.717, 1.165) is 19.4 Å². The van der Waals surface area contributed by atoms with Crippen LogP contribution >= 0.6 is 11.6 Å². The molecule has 1 aliphatic heterocycles. The van der Waals surface area contributed by atoms with Crippen molar-refractivity contribution in [2.75, 3.05) is 19.6 Å². The van der Waals surface area contributed by atoms with Crippen LogP contribution in [0.2, 0.25) is 5.02 Å². The first kappa shape index (κ1) is 13.9. The second-order valence-electron chi connectivity index (χ2n) is 4.47. The van der Waals surface area contributed by atoms with Gasteiger partial charge in [-0.1, -0.05) is 11.6 Å². The molecule has 5 nitrogen and oxygen atoms in total. The molecular formula is C13H18ClN3O2. The SMILES string of the molecule is CCNC(=O)N1CCC[C@H](Oc2ccncc2Cl)C1. The predicted molar refractivity (Wildman–Crippen MR) is 73.5 cm³/mol. The van der Waals surface area contributed by atoms with Gasteiger partial charge in [0.2, 0.25) is 0 Å². The monoisotopic (exact) mass is 283 g/mol. The number of hydrogen-bond donors (Lipinski definition) is 1. The first-order valence-electron chi connectivity index (χ1n) is 6.49. The average molecular weight is 284 g/mol. The van der Waals surface area contributed by atoms with Crippen LogP contribution in [0.3, 0.4) is 0 Å². The second-order valence-corrected chi connectivity index (χ2v) is 4.88. The minimum atomic E-state index is -0.0309. The van der Waals surface area contributed by atoms with Crippen molar-refractivity contribution < 1.29 is 9.53 Å². The fourth-order valence-corrected chi connectivity index (χ4v) is 2.28. The lowest BCUT2D eigenvalue weighted by atomic mass is 10.1. The lowest BCUT2D eigenvalue weighted by molar-refractivity contribution is 0.102. The van der Waals surface area contributed by atoms with Gasteiger partial charge in [0.25, 0.3) is 0 Å². The molecular weight excluding hydrogens is 266 g/mol. The Morgan fingerprint density at radius 3 is 3.26 bits per heavy atom. The Morgan fingerprint density at radius 2 is 2.53 bits per heavy atom. The van der Waals surface area contributed by atoms with Gasteiger partial charge < -0.3 is 15.0 Å². The largest absolute Gasteiger partial charge is 0.487 e. The zero-order chi connectivity index (χ0) is 13.7. The van der Waals surface area contributed by atoms with Gasteiger partial charge in [-0.2, -0.15) is 0 Å². The molecule has 2 heterocycles. The molecule has 104 valence electrons. The summed E-state index contributed by atoms with van der Waals surface area (Å²) in [6.07, 6.45) is 5.04. The molecule has 1 aromatic rings. The second kappa shape index (κ2) is 6.61. The van der Waals surface area contributed by atoms with Crippen molar-refractivity contribution in [3.63, 3.8) is 0 Å². The summed E-state index contributed by atoms with van der Waals surface area (Å²) in [4.78, 5) is 17.5. The first-order valence-corrected chi connectivity index (χ1v) is 6.87. The summed E-state index contributed by atoms with van der Waals surface area (Å²) in [6.45, 7) is 3.91. The summed E-state index contributed by atoms with van der Waals surface area (Å²) < 4.78 is 5.85. The first-order chi connectivity index (χ1) is 9.20. The average Bonchev–Trinajstić information content (AvgIpc) is 2.42. The maximum absolute atomic E-state index is 11.8. The van der Waals surface area contributed by atoms with Gasteiger partial charge in [-0.25, -0.2) is 4.79 Å². The summed E-state index contributed by atoms with van der Waals surface area (Å²) >= 11 is 6.01. The Balaban J connectivity index is 1.94. The minimum Gasteiger partial charge on any atom is -0.487 e. The maximum Gasteiger partial charge on any atom is 0.317 e. The third kappa shape index (κ3) is 3.73. The number of ether oxygens (including phenoxy) is 1. The van der Waals surface area contributed by atoms with Crippen molar-refractivity contribution in [1.29, 1.82) is 0 Å². The van der Waals surface area contributed by atoms with Crippen molar-refractivity contribution in [3.8, 4) is 5.75 Å². The van der Waals surface area contributed by atoms with E-state index >= 15 is 0 Å². The molecule has 2 rings (SSSR count). The highest BCUT2D eigenvalue weighted by Gasteiger charge is 2.24. The topological polar surface area (TPSA) is 54.5 Å². The molecule has 1 aromatic heterocycles. The molecule has 0 aliphatic carbocycles. The van der Waals surface area contributed by atoms with Gasteiger partial charge in [-0.3, -0.25) is 4.98 Å². The molecule has 2 amide bonds. The van der Waals surface area contributed by atoms with E-state index in [1.807, 2.05) is 6.92 Å². The summed E-state index contributed by atoms with van der Waals surface area (Å²) in [5.74, 6) is 0.624.